The number of carbonyl (C=O) groups is 1. The van der Waals surface area contributed by atoms with E-state index < -0.39 is 0 Å². The molecule has 1 atom stereocenters. The highest BCUT2D eigenvalue weighted by atomic mass is 32.1. The Morgan fingerprint density at radius 1 is 1.28 bits per heavy atom. The number of aromatic amines is 1. The van der Waals surface area contributed by atoms with Gasteiger partial charge in [-0.05, 0) is 42.4 Å². The Labute approximate surface area is 190 Å². The molecular formula is C23H25N7OS. The van der Waals surface area contributed by atoms with Crippen LogP contribution in [0.5, 0.6) is 0 Å². The topological polar surface area (TPSA) is 108 Å². The summed E-state index contributed by atoms with van der Waals surface area (Å²) >= 11 is 1.13. The Hall–Kier alpha value is -3.33. The number of nitrogens with one attached hydrogen (secondary N) is 3. The van der Waals surface area contributed by atoms with Crippen LogP contribution in [0.4, 0.5) is 5.82 Å². The molecule has 0 saturated heterocycles. The quantitative estimate of drug-likeness (QED) is 0.377. The second-order valence-corrected chi connectivity index (χ2v) is 8.81. The number of nitrogens with zero attached hydrogens (tertiary/aromatic N) is 4. The molecule has 32 heavy (non-hydrogen) atoms. The summed E-state index contributed by atoms with van der Waals surface area (Å²) in [6, 6.07) is 9.79. The van der Waals surface area contributed by atoms with Crippen LogP contribution in [0, 0.1) is 0 Å². The summed E-state index contributed by atoms with van der Waals surface area (Å²) < 4.78 is 3.97. The van der Waals surface area contributed by atoms with E-state index in [1.54, 1.807) is 0 Å². The van der Waals surface area contributed by atoms with Gasteiger partial charge in [-0.2, -0.15) is 0 Å². The molecule has 8 nitrogen and oxygen atoms in total. The number of hydrogen-bond donors (Lipinski definition) is 3. The maximum Gasteiger partial charge on any atom is 0.265 e. The second kappa shape index (κ2) is 8.66. The summed E-state index contributed by atoms with van der Waals surface area (Å²) in [6.45, 7) is 1.97. The van der Waals surface area contributed by atoms with Gasteiger partial charge in [-0.3, -0.25) is 4.79 Å². The zero-order chi connectivity index (χ0) is 22.1. The van der Waals surface area contributed by atoms with Crippen molar-refractivity contribution in [3.63, 3.8) is 0 Å². The highest BCUT2D eigenvalue weighted by Crippen LogP contribution is 2.39. The van der Waals surface area contributed by atoms with Crippen LogP contribution in [-0.4, -0.2) is 37.5 Å². The third kappa shape index (κ3) is 4.08. The van der Waals surface area contributed by atoms with E-state index in [4.69, 9.17) is 4.98 Å². The SMILES string of the molecule is CCc1nnsc1C(=O)NC(Cc1c[nH]c2ccccc12)c1cc(NC)nc(C2CC2)n1. The third-order valence-electron chi connectivity index (χ3n) is 5.82. The monoisotopic (exact) mass is 447 g/mol. The van der Waals surface area contributed by atoms with Crippen LogP contribution in [0.15, 0.2) is 36.5 Å². The first-order valence-corrected chi connectivity index (χ1v) is 11.7. The van der Waals surface area contributed by atoms with E-state index in [0.29, 0.717) is 23.6 Å². The Morgan fingerprint density at radius 3 is 2.91 bits per heavy atom. The van der Waals surface area contributed by atoms with Crippen LogP contribution in [-0.2, 0) is 12.8 Å². The number of anilines is 1. The van der Waals surface area contributed by atoms with Crippen molar-refractivity contribution in [2.24, 2.45) is 0 Å². The summed E-state index contributed by atoms with van der Waals surface area (Å²) in [5.74, 6) is 1.85. The van der Waals surface area contributed by atoms with Crippen molar-refractivity contribution < 1.29 is 4.79 Å². The minimum absolute atomic E-state index is 0.167. The van der Waals surface area contributed by atoms with E-state index in [-0.39, 0.29) is 11.9 Å². The second-order valence-electron chi connectivity index (χ2n) is 8.05. The summed E-state index contributed by atoms with van der Waals surface area (Å²) in [5.41, 5.74) is 3.72. The van der Waals surface area contributed by atoms with Crippen LogP contribution in [0.2, 0.25) is 0 Å². The molecule has 0 bridgehead atoms. The number of aryl methyl sites for hydroxylation is 1. The van der Waals surface area contributed by atoms with Crippen molar-refractivity contribution in [3.05, 3.63) is 64.2 Å². The van der Waals surface area contributed by atoms with Gasteiger partial charge in [0.1, 0.15) is 16.5 Å². The van der Waals surface area contributed by atoms with Crippen molar-refractivity contribution in [2.45, 2.75) is 44.6 Å². The zero-order valence-corrected chi connectivity index (χ0v) is 18.9. The van der Waals surface area contributed by atoms with Gasteiger partial charge in [0.15, 0.2) is 0 Å². The van der Waals surface area contributed by atoms with Crippen molar-refractivity contribution in [1.29, 1.82) is 0 Å². The number of rotatable bonds is 8. The van der Waals surface area contributed by atoms with E-state index in [1.807, 2.05) is 38.4 Å². The van der Waals surface area contributed by atoms with Gasteiger partial charge < -0.3 is 15.6 Å². The lowest BCUT2D eigenvalue weighted by Gasteiger charge is -2.19. The lowest BCUT2D eigenvalue weighted by molar-refractivity contribution is 0.0938. The fourth-order valence-electron chi connectivity index (χ4n) is 3.90. The lowest BCUT2D eigenvalue weighted by atomic mass is 10.0. The largest absolute Gasteiger partial charge is 0.373 e. The number of H-pyrrole nitrogens is 1. The molecule has 0 spiro atoms. The standard InChI is InChI=1S/C23H25N7OS/c1-3-16-21(32-30-29-16)23(31)27-18(10-14-12-25-17-7-5-4-6-15(14)17)19-11-20(24-2)28-22(26-19)13-8-9-13/h4-7,11-13,18,25H,3,8-10H2,1-2H3,(H,27,31)(H,24,26,28). The molecular weight excluding hydrogens is 422 g/mol. The van der Waals surface area contributed by atoms with E-state index in [2.05, 4.69) is 42.3 Å². The predicted molar refractivity (Wildman–Crippen MR) is 125 cm³/mol. The number of benzene rings is 1. The van der Waals surface area contributed by atoms with Crippen molar-refractivity contribution >= 4 is 34.2 Å². The van der Waals surface area contributed by atoms with Crippen LogP contribution >= 0.6 is 11.5 Å². The molecule has 1 aromatic carbocycles. The molecule has 1 aliphatic rings. The van der Waals surface area contributed by atoms with E-state index >= 15 is 0 Å². The molecule has 5 rings (SSSR count). The summed E-state index contributed by atoms with van der Waals surface area (Å²) in [5, 5.41) is 11.6. The number of aromatic nitrogens is 5. The van der Waals surface area contributed by atoms with E-state index in [9.17, 15) is 4.79 Å². The van der Waals surface area contributed by atoms with Crippen molar-refractivity contribution in [2.75, 3.05) is 12.4 Å². The highest BCUT2D eigenvalue weighted by molar-refractivity contribution is 7.08. The summed E-state index contributed by atoms with van der Waals surface area (Å²) in [6.07, 6.45) is 5.50. The van der Waals surface area contributed by atoms with Crippen LogP contribution in [0.1, 0.15) is 64.2 Å². The summed E-state index contributed by atoms with van der Waals surface area (Å²) in [7, 11) is 1.85. The molecule has 3 heterocycles. The van der Waals surface area contributed by atoms with Gasteiger partial charge in [-0.25, -0.2) is 9.97 Å². The molecule has 0 aliphatic heterocycles. The molecule has 1 amide bonds. The first-order chi connectivity index (χ1) is 15.7. The van der Waals surface area contributed by atoms with Gasteiger partial charge in [-0.15, -0.1) is 5.10 Å². The van der Waals surface area contributed by atoms with E-state index in [0.717, 1.165) is 63.9 Å². The maximum absolute atomic E-state index is 13.2. The first kappa shape index (κ1) is 20.6. The zero-order valence-electron chi connectivity index (χ0n) is 18.1. The molecule has 0 radical (unpaired) electrons. The fraction of sp³-hybridized carbons (Fsp3) is 0.348. The van der Waals surface area contributed by atoms with Gasteiger partial charge in [0.05, 0.1) is 17.4 Å². The normalized spacial score (nSPS) is 14.4. The van der Waals surface area contributed by atoms with Gasteiger partial charge in [-0.1, -0.05) is 29.6 Å². The van der Waals surface area contributed by atoms with Gasteiger partial charge in [0, 0.05) is 42.6 Å². The van der Waals surface area contributed by atoms with Crippen LogP contribution in [0.3, 0.4) is 0 Å². The Balaban J connectivity index is 1.52. The number of hydrogen-bond acceptors (Lipinski definition) is 7. The molecule has 1 unspecified atom stereocenters. The average Bonchev–Trinajstić information content (AvgIpc) is 3.43. The fourth-order valence-corrected chi connectivity index (χ4v) is 4.56. The minimum atomic E-state index is -0.318. The molecule has 1 fully saturated rings. The smallest absolute Gasteiger partial charge is 0.265 e. The molecule has 4 aromatic rings. The number of amides is 1. The lowest BCUT2D eigenvalue weighted by Crippen LogP contribution is -2.31. The number of carbonyl (C=O) groups excluding carboxylic acids is 1. The van der Waals surface area contributed by atoms with Crippen LogP contribution in [0.25, 0.3) is 10.9 Å². The van der Waals surface area contributed by atoms with Crippen LogP contribution < -0.4 is 10.6 Å². The number of fused-ring (bicyclic) bond motifs is 1. The van der Waals surface area contributed by atoms with Gasteiger partial charge >= 0.3 is 0 Å². The Morgan fingerprint density at radius 2 is 2.12 bits per heavy atom. The van der Waals surface area contributed by atoms with Crippen molar-refractivity contribution in [3.8, 4) is 0 Å². The Bertz CT molecular complexity index is 1260. The van der Waals surface area contributed by atoms with Gasteiger partial charge in [0.25, 0.3) is 5.91 Å². The molecule has 1 aliphatic carbocycles. The highest BCUT2D eigenvalue weighted by Gasteiger charge is 2.29. The molecule has 9 heteroatoms. The first-order valence-electron chi connectivity index (χ1n) is 10.9. The van der Waals surface area contributed by atoms with Crippen molar-refractivity contribution in [1.82, 2.24) is 29.9 Å². The predicted octanol–water partition coefficient (Wildman–Crippen LogP) is 4.00. The minimum Gasteiger partial charge on any atom is -0.373 e. The molecule has 3 N–H and O–H groups in total. The molecule has 1 saturated carbocycles. The molecule has 3 aromatic heterocycles. The van der Waals surface area contributed by atoms with Gasteiger partial charge in [0.2, 0.25) is 0 Å². The Kier molecular flexibility index (Phi) is 5.57. The van der Waals surface area contributed by atoms with E-state index in [1.165, 1.54) is 0 Å². The summed E-state index contributed by atoms with van der Waals surface area (Å²) in [4.78, 5) is 26.6. The maximum atomic E-state index is 13.2. The number of para-hydroxylation sites is 1. The third-order valence-corrected chi connectivity index (χ3v) is 6.59. The molecule has 164 valence electrons. The average molecular weight is 448 g/mol.